The Hall–Kier alpha value is -2.58. The van der Waals surface area contributed by atoms with Crippen LogP contribution in [0.5, 0.6) is 0 Å². The SMILES string of the molecule is CCCCC(CC)C(=O)N1CCCN(c2nc(CN3CCN(c4ccccc4Cl)CC3)cc(=O)[nH]2)CC1. The van der Waals surface area contributed by atoms with Gasteiger partial charge >= 0.3 is 0 Å². The number of aromatic nitrogens is 2. The summed E-state index contributed by atoms with van der Waals surface area (Å²) in [6.07, 6.45) is 4.94. The number of H-pyrrole nitrogens is 1. The number of halogens is 1. The Morgan fingerprint density at radius 2 is 1.78 bits per heavy atom. The minimum absolute atomic E-state index is 0.117. The Kier molecular flexibility index (Phi) is 9.86. The van der Waals surface area contributed by atoms with Crippen LogP contribution in [0, 0.1) is 5.92 Å². The molecule has 37 heavy (non-hydrogen) atoms. The summed E-state index contributed by atoms with van der Waals surface area (Å²) < 4.78 is 0. The molecule has 0 bridgehead atoms. The predicted octanol–water partition coefficient (Wildman–Crippen LogP) is 4.00. The molecule has 2 aliphatic rings. The molecule has 1 N–H and O–H groups in total. The van der Waals surface area contributed by atoms with Gasteiger partial charge in [-0.2, -0.15) is 0 Å². The third kappa shape index (κ3) is 7.26. The summed E-state index contributed by atoms with van der Waals surface area (Å²) in [5.74, 6) is 1.01. The van der Waals surface area contributed by atoms with Crippen LogP contribution in [0.4, 0.5) is 11.6 Å². The molecule has 0 spiro atoms. The molecule has 1 unspecified atom stereocenters. The Labute approximate surface area is 225 Å². The highest BCUT2D eigenvalue weighted by molar-refractivity contribution is 6.33. The molecule has 1 amide bonds. The number of nitrogens with one attached hydrogen (secondary N) is 1. The van der Waals surface area contributed by atoms with Crippen molar-refractivity contribution in [1.29, 1.82) is 0 Å². The zero-order chi connectivity index (χ0) is 26.2. The van der Waals surface area contributed by atoms with Crippen LogP contribution in [0.1, 0.15) is 51.6 Å². The van der Waals surface area contributed by atoms with E-state index in [9.17, 15) is 9.59 Å². The van der Waals surface area contributed by atoms with Gasteiger partial charge in [0.2, 0.25) is 11.9 Å². The number of hydrogen-bond acceptors (Lipinski definition) is 6. The lowest BCUT2D eigenvalue weighted by molar-refractivity contribution is -0.135. The Bertz CT molecular complexity index is 1080. The van der Waals surface area contributed by atoms with Crippen LogP contribution in [0.3, 0.4) is 0 Å². The topological polar surface area (TPSA) is 75.8 Å². The zero-order valence-corrected chi connectivity index (χ0v) is 23.1. The van der Waals surface area contributed by atoms with Crippen LogP contribution >= 0.6 is 11.6 Å². The van der Waals surface area contributed by atoms with Crippen LogP contribution in [0.2, 0.25) is 5.02 Å². The first kappa shape index (κ1) is 27.5. The van der Waals surface area contributed by atoms with Gasteiger partial charge in [-0.1, -0.05) is 50.4 Å². The van der Waals surface area contributed by atoms with Crippen molar-refractivity contribution < 1.29 is 4.79 Å². The maximum Gasteiger partial charge on any atom is 0.252 e. The van der Waals surface area contributed by atoms with Crippen molar-refractivity contribution >= 4 is 29.1 Å². The number of aromatic amines is 1. The average molecular weight is 529 g/mol. The molecule has 9 heteroatoms. The van der Waals surface area contributed by atoms with E-state index in [4.69, 9.17) is 16.6 Å². The maximum atomic E-state index is 13.1. The second-order valence-electron chi connectivity index (χ2n) is 10.2. The molecule has 4 rings (SSSR count). The fourth-order valence-electron chi connectivity index (χ4n) is 5.37. The summed E-state index contributed by atoms with van der Waals surface area (Å²) in [4.78, 5) is 42.2. The second-order valence-corrected chi connectivity index (χ2v) is 10.6. The first-order chi connectivity index (χ1) is 18.0. The van der Waals surface area contributed by atoms with Crippen LogP contribution in [0.15, 0.2) is 35.1 Å². The number of piperazine rings is 1. The molecule has 0 saturated carbocycles. The van der Waals surface area contributed by atoms with Crippen molar-refractivity contribution in [2.45, 2.75) is 52.5 Å². The number of unbranched alkanes of at least 4 members (excludes halogenated alkanes) is 1. The summed E-state index contributed by atoms with van der Waals surface area (Å²) in [5, 5.41) is 0.778. The summed E-state index contributed by atoms with van der Waals surface area (Å²) >= 11 is 6.38. The lowest BCUT2D eigenvalue weighted by Gasteiger charge is -2.36. The van der Waals surface area contributed by atoms with Gasteiger partial charge < -0.3 is 14.7 Å². The van der Waals surface area contributed by atoms with E-state index >= 15 is 0 Å². The minimum Gasteiger partial charge on any atom is -0.368 e. The molecule has 2 aliphatic heterocycles. The zero-order valence-electron chi connectivity index (χ0n) is 22.3. The monoisotopic (exact) mass is 528 g/mol. The van der Waals surface area contributed by atoms with E-state index in [2.05, 4.69) is 39.6 Å². The van der Waals surface area contributed by atoms with E-state index in [1.54, 1.807) is 6.07 Å². The number of para-hydroxylation sites is 1. The van der Waals surface area contributed by atoms with Gasteiger partial charge in [-0.15, -0.1) is 0 Å². The minimum atomic E-state index is -0.127. The third-order valence-corrected chi connectivity index (χ3v) is 7.91. The third-order valence-electron chi connectivity index (χ3n) is 7.59. The Morgan fingerprint density at radius 3 is 2.51 bits per heavy atom. The van der Waals surface area contributed by atoms with E-state index in [0.717, 1.165) is 87.8 Å². The smallest absolute Gasteiger partial charge is 0.252 e. The number of carbonyl (C=O) groups is 1. The summed E-state index contributed by atoms with van der Waals surface area (Å²) in [5.41, 5.74) is 1.73. The van der Waals surface area contributed by atoms with Gasteiger partial charge in [-0.3, -0.25) is 19.5 Å². The van der Waals surface area contributed by atoms with Gasteiger partial charge in [-0.05, 0) is 31.4 Å². The molecule has 2 fully saturated rings. The highest BCUT2D eigenvalue weighted by Gasteiger charge is 2.26. The van der Waals surface area contributed by atoms with E-state index in [1.807, 2.05) is 23.1 Å². The number of nitrogens with zero attached hydrogens (tertiary/aromatic N) is 5. The van der Waals surface area contributed by atoms with Gasteiger partial charge in [-0.25, -0.2) is 4.98 Å². The summed E-state index contributed by atoms with van der Waals surface area (Å²) in [6.45, 7) is 11.3. The number of carbonyl (C=O) groups excluding carboxylic acids is 1. The van der Waals surface area contributed by atoms with Gasteiger partial charge in [0.25, 0.3) is 5.56 Å². The van der Waals surface area contributed by atoms with Crippen molar-refractivity contribution in [3.8, 4) is 0 Å². The lowest BCUT2D eigenvalue weighted by Crippen LogP contribution is -2.46. The van der Waals surface area contributed by atoms with Crippen molar-refractivity contribution in [1.82, 2.24) is 19.8 Å². The van der Waals surface area contributed by atoms with Gasteiger partial charge in [0.15, 0.2) is 0 Å². The van der Waals surface area contributed by atoms with Gasteiger partial charge in [0.1, 0.15) is 0 Å². The maximum absolute atomic E-state index is 13.1. The quantitative estimate of drug-likeness (QED) is 0.530. The molecular formula is C28H41ClN6O2. The largest absolute Gasteiger partial charge is 0.368 e. The van der Waals surface area contributed by atoms with Crippen molar-refractivity contribution in [2.24, 2.45) is 5.92 Å². The highest BCUT2D eigenvalue weighted by atomic mass is 35.5. The second kappa shape index (κ2) is 13.3. The first-order valence-corrected chi connectivity index (χ1v) is 14.2. The molecule has 202 valence electrons. The average Bonchev–Trinajstić information content (AvgIpc) is 3.16. The van der Waals surface area contributed by atoms with E-state index < -0.39 is 0 Å². The van der Waals surface area contributed by atoms with Gasteiger partial charge in [0.05, 0.1) is 16.4 Å². The predicted molar refractivity (Wildman–Crippen MR) is 151 cm³/mol. The van der Waals surface area contributed by atoms with Crippen LogP contribution in [-0.2, 0) is 11.3 Å². The first-order valence-electron chi connectivity index (χ1n) is 13.8. The van der Waals surface area contributed by atoms with E-state index in [-0.39, 0.29) is 17.4 Å². The standard InChI is InChI=1S/C28H41ClN6O2/c1-3-5-9-22(4-2)27(37)34-12-8-13-35(19-18-34)28-30-23(20-26(36)31-28)21-32-14-16-33(17-15-32)25-11-7-6-10-24(25)29/h6-7,10-11,20,22H,3-5,8-9,12-19,21H2,1-2H3,(H,30,31,36). The molecule has 1 aromatic heterocycles. The number of amides is 1. The Morgan fingerprint density at radius 1 is 1.03 bits per heavy atom. The molecule has 3 heterocycles. The molecule has 1 aromatic carbocycles. The summed E-state index contributed by atoms with van der Waals surface area (Å²) in [6, 6.07) is 9.57. The molecule has 8 nitrogen and oxygen atoms in total. The van der Waals surface area contributed by atoms with Crippen LogP contribution < -0.4 is 15.4 Å². The lowest BCUT2D eigenvalue weighted by atomic mass is 9.97. The number of hydrogen-bond donors (Lipinski definition) is 1. The number of anilines is 2. The fourth-order valence-corrected chi connectivity index (χ4v) is 5.62. The number of rotatable bonds is 9. The van der Waals surface area contributed by atoms with Crippen molar-refractivity contribution in [3.05, 3.63) is 51.4 Å². The van der Waals surface area contributed by atoms with Crippen molar-refractivity contribution in [3.63, 3.8) is 0 Å². The Balaban J connectivity index is 1.35. The van der Waals surface area contributed by atoms with Gasteiger partial charge in [0, 0.05) is 70.9 Å². The molecule has 1 atom stereocenters. The highest BCUT2D eigenvalue weighted by Crippen LogP contribution is 2.26. The molecule has 2 saturated heterocycles. The normalized spacial score (nSPS) is 18.1. The molecule has 0 aliphatic carbocycles. The molecular weight excluding hydrogens is 488 g/mol. The molecule has 2 aromatic rings. The molecule has 0 radical (unpaired) electrons. The summed E-state index contributed by atoms with van der Waals surface area (Å²) in [7, 11) is 0. The van der Waals surface area contributed by atoms with Crippen molar-refractivity contribution in [2.75, 3.05) is 62.2 Å². The fraction of sp³-hybridized carbons (Fsp3) is 0.607. The van der Waals surface area contributed by atoms with E-state index in [1.165, 1.54) is 0 Å². The van der Waals surface area contributed by atoms with Crippen LogP contribution in [0.25, 0.3) is 0 Å². The van der Waals surface area contributed by atoms with Crippen LogP contribution in [-0.4, -0.2) is 78.0 Å². The number of benzene rings is 1. The van der Waals surface area contributed by atoms with E-state index in [0.29, 0.717) is 25.6 Å².